The third-order valence-electron chi connectivity index (χ3n) is 3.63. The fraction of sp³-hybridized carbons (Fsp3) is 0.833. The summed E-state index contributed by atoms with van der Waals surface area (Å²) in [6.45, 7) is 3.08. The lowest BCUT2D eigenvalue weighted by atomic mass is 9.74. The van der Waals surface area contributed by atoms with Gasteiger partial charge in [0.25, 0.3) is 0 Å². The van der Waals surface area contributed by atoms with E-state index in [-0.39, 0.29) is 0 Å². The van der Waals surface area contributed by atoms with Crippen LogP contribution in [0.3, 0.4) is 0 Å². The maximum absolute atomic E-state index is 10.5. The van der Waals surface area contributed by atoms with Crippen molar-refractivity contribution < 1.29 is 9.84 Å². The number of hydrogen-bond acceptors (Lipinski definition) is 2. The van der Waals surface area contributed by atoms with Crippen molar-refractivity contribution in [3.05, 3.63) is 11.8 Å². The van der Waals surface area contributed by atoms with Crippen LogP contribution in [0.5, 0.6) is 0 Å². The SMILES string of the molecule is CC1CCC(O)(C2=COCCC2)CC1. The van der Waals surface area contributed by atoms with Gasteiger partial charge < -0.3 is 9.84 Å². The van der Waals surface area contributed by atoms with Crippen LogP contribution in [0.4, 0.5) is 0 Å². The van der Waals surface area contributed by atoms with Gasteiger partial charge in [0.15, 0.2) is 0 Å². The molecule has 2 heteroatoms. The molecular formula is C12H20O2. The third-order valence-corrected chi connectivity index (χ3v) is 3.63. The molecule has 1 aliphatic heterocycles. The maximum Gasteiger partial charge on any atom is 0.0889 e. The van der Waals surface area contributed by atoms with Gasteiger partial charge in [0, 0.05) is 0 Å². The smallest absolute Gasteiger partial charge is 0.0889 e. The number of rotatable bonds is 1. The van der Waals surface area contributed by atoms with Crippen LogP contribution in [0.25, 0.3) is 0 Å². The molecule has 2 aliphatic rings. The minimum absolute atomic E-state index is 0.535. The molecule has 2 rings (SSSR count). The second-order valence-corrected chi connectivity index (χ2v) is 4.83. The van der Waals surface area contributed by atoms with Crippen LogP contribution in [0.2, 0.25) is 0 Å². The fourth-order valence-corrected chi connectivity index (χ4v) is 2.47. The highest BCUT2D eigenvalue weighted by molar-refractivity contribution is 5.17. The minimum atomic E-state index is -0.535. The van der Waals surface area contributed by atoms with E-state index in [1.807, 2.05) is 0 Å². The second-order valence-electron chi connectivity index (χ2n) is 4.83. The molecular weight excluding hydrogens is 176 g/mol. The molecule has 0 aromatic heterocycles. The summed E-state index contributed by atoms with van der Waals surface area (Å²) in [5.41, 5.74) is 0.600. The minimum Gasteiger partial charge on any atom is -0.501 e. The van der Waals surface area contributed by atoms with Crippen molar-refractivity contribution >= 4 is 0 Å². The summed E-state index contributed by atoms with van der Waals surface area (Å²) in [7, 11) is 0. The number of aliphatic hydroxyl groups is 1. The Bertz CT molecular complexity index is 224. The third kappa shape index (κ3) is 1.95. The first-order valence-corrected chi connectivity index (χ1v) is 5.74. The van der Waals surface area contributed by atoms with Crippen LogP contribution < -0.4 is 0 Å². The van der Waals surface area contributed by atoms with Crippen molar-refractivity contribution in [1.29, 1.82) is 0 Å². The topological polar surface area (TPSA) is 29.5 Å². The van der Waals surface area contributed by atoms with Crippen molar-refractivity contribution in [2.75, 3.05) is 6.61 Å². The molecule has 0 saturated heterocycles. The van der Waals surface area contributed by atoms with Crippen molar-refractivity contribution in [1.82, 2.24) is 0 Å². The lowest BCUT2D eigenvalue weighted by Gasteiger charge is -2.37. The zero-order valence-corrected chi connectivity index (χ0v) is 8.96. The highest BCUT2D eigenvalue weighted by Crippen LogP contribution is 2.39. The van der Waals surface area contributed by atoms with Gasteiger partial charge in [-0.3, -0.25) is 0 Å². The first-order chi connectivity index (χ1) is 6.71. The Morgan fingerprint density at radius 2 is 2.14 bits per heavy atom. The van der Waals surface area contributed by atoms with Crippen molar-refractivity contribution in [2.45, 2.75) is 51.0 Å². The Balaban J connectivity index is 2.04. The maximum atomic E-state index is 10.5. The summed E-state index contributed by atoms with van der Waals surface area (Å²) in [5.74, 6) is 0.778. The molecule has 0 spiro atoms. The molecule has 0 unspecified atom stereocenters. The highest BCUT2D eigenvalue weighted by Gasteiger charge is 2.35. The van der Waals surface area contributed by atoms with Gasteiger partial charge in [-0.2, -0.15) is 0 Å². The molecule has 2 nitrogen and oxygen atoms in total. The van der Waals surface area contributed by atoms with Crippen LogP contribution in [-0.2, 0) is 4.74 Å². The summed E-state index contributed by atoms with van der Waals surface area (Å²) in [6.07, 6.45) is 8.02. The standard InChI is InChI=1S/C12H20O2/c1-10-4-6-12(13,7-5-10)11-3-2-8-14-9-11/h9-10,13H,2-8H2,1H3. The van der Waals surface area contributed by atoms with E-state index in [1.54, 1.807) is 6.26 Å². The van der Waals surface area contributed by atoms with E-state index in [1.165, 1.54) is 0 Å². The normalized spacial score (nSPS) is 38.7. The molecule has 0 aromatic rings. The average molecular weight is 196 g/mol. The molecule has 0 atom stereocenters. The summed E-state index contributed by atoms with van der Waals surface area (Å²) in [4.78, 5) is 0. The molecule has 1 aliphatic carbocycles. The largest absolute Gasteiger partial charge is 0.501 e. The van der Waals surface area contributed by atoms with E-state index < -0.39 is 5.60 Å². The number of hydrogen-bond donors (Lipinski definition) is 1. The van der Waals surface area contributed by atoms with E-state index in [9.17, 15) is 5.11 Å². The molecule has 1 fully saturated rings. The Labute approximate surface area is 86.0 Å². The Hall–Kier alpha value is -0.500. The van der Waals surface area contributed by atoms with E-state index >= 15 is 0 Å². The molecule has 1 N–H and O–H groups in total. The molecule has 0 radical (unpaired) electrons. The zero-order chi connectivity index (χ0) is 10.0. The Morgan fingerprint density at radius 1 is 1.43 bits per heavy atom. The molecule has 80 valence electrons. The van der Waals surface area contributed by atoms with Crippen LogP contribution in [-0.4, -0.2) is 17.3 Å². The first-order valence-electron chi connectivity index (χ1n) is 5.74. The van der Waals surface area contributed by atoms with E-state index in [4.69, 9.17) is 4.74 Å². The quantitative estimate of drug-likeness (QED) is 0.698. The molecule has 14 heavy (non-hydrogen) atoms. The van der Waals surface area contributed by atoms with Gasteiger partial charge in [0.2, 0.25) is 0 Å². The van der Waals surface area contributed by atoms with Crippen LogP contribution in [0.1, 0.15) is 45.4 Å². The molecule has 0 bridgehead atoms. The van der Waals surface area contributed by atoms with E-state index in [0.29, 0.717) is 0 Å². The van der Waals surface area contributed by atoms with Gasteiger partial charge in [-0.1, -0.05) is 6.92 Å². The lowest BCUT2D eigenvalue weighted by molar-refractivity contribution is 0.0158. The summed E-state index contributed by atoms with van der Waals surface area (Å²) < 4.78 is 5.31. The van der Waals surface area contributed by atoms with Crippen LogP contribution in [0, 0.1) is 5.92 Å². The fourth-order valence-electron chi connectivity index (χ4n) is 2.47. The van der Waals surface area contributed by atoms with E-state index in [0.717, 1.165) is 56.6 Å². The Kier molecular flexibility index (Phi) is 2.82. The predicted octanol–water partition coefficient (Wildman–Crippen LogP) is 2.62. The molecule has 1 heterocycles. The predicted molar refractivity (Wildman–Crippen MR) is 55.9 cm³/mol. The average Bonchev–Trinajstić information content (AvgIpc) is 2.24. The summed E-state index contributed by atoms with van der Waals surface area (Å²) in [6, 6.07) is 0. The monoisotopic (exact) mass is 196 g/mol. The molecule has 1 saturated carbocycles. The Morgan fingerprint density at radius 3 is 2.71 bits per heavy atom. The van der Waals surface area contributed by atoms with Gasteiger partial charge in [0.1, 0.15) is 0 Å². The van der Waals surface area contributed by atoms with Gasteiger partial charge in [-0.05, 0) is 50.0 Å². The second kappa shape index (κ2) is 3.93. The molecule has 0 aromatic carbocycles. The van der Waals surface area contributed by atoms with Crippen LogP contribution in [0.15, 0.2) is 11.8 Å². The van der Waals surface area contributed by atoms with Gasteiger partial charge in [0.05, 0.1) is 18.5 Å². The van der Waals surface area contributed by atoms with Gasteiger partial charge in [-0.15, -0.1) is 0 Å². The van der Waals surface area contributed by atoms with Crippen molar-refractivity contribution in [3.63, 3.8) is 0 Å². The van der Waals surface area contributed by atoms with Crippen molar-refractivity contribution in [2.24, 2.45) is 5.92 Å². The first kappa shape index (κ1) is 10.0. The summed E-state index contributed by atoms with van der Waals surface area (Å²) >= 11 is 0. The number of ether oxygens (including phenoxy) is 1. The van der Waals surface area contributed by atoms with E-state index in [2.05, 4.69) is 6.92 Å². The van der Waals surface area contributed by atoms with Crippen molar-refractivity contribution in [3.8, 4) is 0 Å². The van der Waals surface area contributed by atoms with Crippen LogP contribution >= 0.6 is 0 Å². The van der Waals surface area contributed by atoms with Gasteiger partial charge in [-0.25, -0.2) is 0 Å². The summed E-state index contributed by atoms with van der Waals surface area (Å²) in [5, 5.41) is 10.5. The lowest BCUT2D eigenvalue weighted by Crippen LogP contribution is -2.36. The van der Waals surface area contributed by atoms with Gasteiger partial charge >= 0.3 is 0 Å². The highest BCUT2D eigenvalue weighted by atomic mass is 16.5. The zero-order valence-electron chi connectivity index (χ0n) is 8.96. The molecule has 0 amide bonds.